The lowest BCUT2D eigenvalue weighted by molar-refractivity contribution is -0.121. The average molecular weight is 301 g/mol. The number of hydrogen-bond donors (Lipinski definition) is 1. The van der Waals surface area contributed by atoms with Crippen molar-refractivity contribution in [1.82, 2.24) is 14.9 Å². The molecule has 0 aliphatic carbocycles. The van der Waals surface area contributed by atoms with Crippen molar-refractivity contribution in [2.45, 2.75) is 53.5 Å². The molecule has 0 fully saturated rings. The molecule has 4 nitrogen and oxygen atoms in total. The lowest BCUT2D eigenvalue weighted by Gasteiger charge is -2.11. The van der Waals surface area contributed by atoms with Gasteiger partial charge < -0.3 is 9.88 Å². The van der Waals surface area contributed by atoms with Gasteiger partial charge in [-0.3, -0.25) is 4.79 Å². The molecular formula is C18H27N3O. The van der Waals surface area contributed by atoms with Crippen LogP contribution in [0.4, 0.5) is 0 Å². The quantitative estimate of drug-likeness (QED) is 0.885. The highest BCUT2D eigenvalue weighted by molar-refractivity contribution is 5.77. The molecule has 0 bridgehead atoms. The van der Waals surface area contributed by atoms with Crippen LogP contribution in [0, 0.1) is 12.8 Å². The summed E-state index contributed by atoms with van der Waals surface area (Å²) in [5.41, 5.74) is 3.43. The summed E-state index contributed by atoms with van der Waals surface area (Å²) in [4.78, 5) is 16.3. The number of imidazole rings is 1. The normalized spacial score (nSPS) is 11.6. The van der Waals surface area contributed by atoms with Crippen LogP contribution in [0.5, 0.6) is 0 Å². The Morgan fingerprint density at radius 2 is 2.00 bits per heavy atom. The third-order valence-corrected chi connectivity index (χ3v) is 3.78. The Bertz CT molecular complexity index is 656. The van der Waals surface area contributed by atoms with Crippen LogP contribution in [0.25, 0.3) is 11.0 Å². The molecule has 1 heterocycles. The van der Waals surface area contributed by atoms with E-state index in [4.69, 9.17) is 0 Å². The van der Waals surface area contributed by atoms with Crippen molar-refractivity contribution in [2.24, 2.45) is 5.92 Å². The van der Waals surface area contributed by atoms with Crippen molar-refractivity contribution >= 4 is 16.9 Å². The second-order valence-corrected chi connectivity index (χ2v) is 6.64. The SMILES string of the molecule is Cc1nc2cc(CCNC(=O)CC(C)C)ccc2n1C(C)C. The topological polar surface area (TPSA) is 46.9 Å². The molecule has 2 rings (SSSR count). The Labute approximate surface area is 132 Å². The Morgan fingerprint density at radius 1 is 1.27 bits per heavy atom. The maximum atomic E-state index is 11.7. The second-order valence-electron chi connectivity index (χ2n) is 6.64. The minimum Gasteiger partial charge on any atom is -0.356 e. The van der Waals surface area contributed by atoms with Crippen molar-refractivity contribution in [2.75, 3.05) is 6.54 Å². The van der Waals surface area contributed by atoms with Gasteiger partial charge in [0.2, 0.25) is 5.91 Å². The monoisotopic (exact) mass is 301 g/mol. The van der Waals surface area contributed by atoms with E-state index in [2.05, 4.69) is 60.8 Å². The zero-order valence-electron chi connectivity index (χ0n) is 14.3. The third-order valence-electron chi connectivity index (χ3n) is 3.78. The smallest absolute Gasteiger partial charge is 0.220 e. The third kappa shape index (κ3) is 3.87. The van der Waals surface area contributed by atoms with E-state index in [-0.39, 0.29) is 5.91 Å². The largest absolute Gasteiger partial charge is 0.356 e. The average Bonchev–Trinajstić information content (AvgIpc) is 2.72. The standard InChI is InChI=1S/C18H27N3O/c1-12(2)10-18(22)19-9-8-15-6-7-17-16(11-15)20-14(5)21(17)13(3)4/h6-7,11-13H,8-10H2,1-5H3,(H,19,22). The van der Waals surface area contributed by atoms with Crippen molar-refractivity contribution in [3.8, 4) is 0 Å². The molecule has 0 spiro atoms. The molecule has 1 N–H and O–H groups in total. The molecule has 0 atom stereocenters. The van der Waals surface area contributed by atoms with Gasteiger partial charge in [-0.25, -0.2) is 4.98 Å². The van der Waals surface area contributed by atoms with Crippen LogP contribution in [0.15, 0.2) is 18.2 Å². The van der Waals surface area contributed by atoms with E-state index in [1.54, 1.807) is 0 Å². The van der Waals surface area contributed by atoms with Gasteiger partial charge in [-0.2, -0.15) is 0 Å². The fourth-order valence-electron chi connectivity index (χ4n) is 2.86. The summed E-state index contributed by atoms with van der Waals surface area (Å²) in [6, 6.07) is 6.82. The number of carbonyl (C=O) groups excluding carboxylic acids is 1. The van der Waals surface area contributed by atoms with Crippen LogP contribution >= 0.6 is 0 Å². The van der Waals surface area contributed by atoms with E-state index in [9.17, 15) is 4.79 Å². The number of rotatable bonds is 6. The van der Waals surface area contributed by atoms with Crippen molar-refractivity contribution in [3.05, 3.63) is 29.6 Å². The molecular weight excluding hydrogens is 274 g/mol. The Morgan fingerprint density at radius 3 is 2.64 bits per heavy atom. The maximum absolute atomic E-state index is 11.7. The second kappa shape index (κ2) is 6.95. The van der Waals surface area contributed by atoms with Crippen LogP contribution in [-0.2, 0) is 11.2 Å². The summed E-state index contributed by atoms with van der Waals surface area (Å²) in [6.07, 6.45) is 1.43. The Hall–Kier alpha value is -1.84. The number of aryl methyl sites for hydroxylation is 1. The summed E-state index contributed by atoms with van der Waals surface area (Å²) >= 11 is 0. The van der Waals surface area contributed by atoms with Crippen LogP contribution in [0.3, 0.4) is 0 Å². The summed E-state index contributed by atoms with van der Waals surface area (Å²) in [5, 5.41) is 2.98. The maximum Gasteiger partial charge on any atom is 0.220 e. The van der Waals surface area contributed by atoms with Gasteiger partial charge in [-0.15, -0.1) is 0 Å². The van der Waals surface area contributed by atoms with Crippen LogP contribution in [-0.4, -0.2) is 22.0 Å². The first-order chi connectivity index (χ1) is 10.4. The molecule has 0 aliphatic rings. The number of aromatic nitrogens is 2. The van der Waals surface area contributed by atoms with Crippen LogP contribution in [0.1, 0.15) is 51.5 Å². The van der Waals surface area contributed by atoms with Gasteiger partial charge in [0.25, 0.3) is 0 Å². The number of carbonyl (C=O) groups is 1. The molecule has 1 aromatic carbocycles. The lowest BCUT2D eigenvalue weighted by atomic mass is 10.1. The van der Waals surface area contributed by atoms with E-state index in [1.165, 1.54) is 11.1 Å². The number of nitrogens with zero attached hydrogens (tertiary/aromatic N) is 2. The Balaban J connectivity index is 2.03. The van der Waals surface area contributed by atoms with E-state index in [0.717, 1.165) is 17.8 Å². The highest BCUT2D eigenvalue weighted by Gasteiger charge is 2.10. The number of amides is 1. The van der Waals surface area contributed by atoms with Gasteiger partial charge in [0.15, 0.2) is 0 Å². The minimum atomic E-state index is 0.135. The van der Waals surface area contributed by atoms with Gasteiger partial charge >= 0.3 is 0 Å². The fourth-order valence-corrected chi connectivity index (χ4v) is 2.86. The van der Waals surface area contributed by atoms with Crippen molar-refractivity contribution in [3.63, 3.8) is 0 Å². The predicted octanol–water partition coefficient (Wildman–Crippen LogP) is 3.63. The summed E-state index contributed by atoms with van der Waals surface area (Å²) in [5.74, 6) is 1.59. The molecule has 120 valence electrons. The van der Waals surface area contributed by atoms with Gasteiger partial charge in [0.05, 0.1) is 11.0 Å². The highest BCUT2D eigenvalue weighted by Crippen LogP contribution is 2.21. The minimum absolute atomic E-state index is 0.135. The van der Waals surface area contributed by atoms with Crippen molar-refractivity contribution in [1.29, 1.82) is 0 Å². The number of nitrogens with one attached hydrogen (secondary N) is 1. The van der Waals surface area contributed by atoms with E-state index >= 15 is 0 Å². The van der Waals surface area contributed by atoms with E-state index < -0.39 is 0 Å². The highest BCUT2D eigenvalue weighted by atomic mass is 16.1. The molecule has 0 saturated heterocycles. The summed E-state index contributed by atoms with van der Waals surface area (Å²) in [7, 11) is 0. The lowest BCUT2D eigenvalue weighted by Crippen LogP contribution is -2.26. The van der Waals surface area contributed by atoms with Gasteiger partial charge in [-0.1, -0.05) is 19.9 Å². The molecule has 0 aliphatic heterocycles. The predicted molar refractivity (Wildman–Crippen MR) is 91.0 cm³/mol. The molecule has 2 aromatic rings. The van der Waals surface area contributed by atoms with Crippen LogP contribution in [0.2, 0.25) is 0 Å². The molecule has 0 unspecified atom stereocenters. The molecule has 0 radical (unpaired) electrons. The van der Waals surface area contributed by atoms with Gasteiger partial charge in [-0.05, 0) is 50.8 Å². The fraction of sp³-hybridized carbons (Fsp3) is 0.556. The first kappa shape index (κ1) is 16.5. The number of benzene rings is 1. The van der Waals surface area contributed by atoms with Crippen molar-refractivity contribution < 1.29 is 4.79 Å². The first-order valence-electron chi connectivity index (χ1n) is 8.12. The molecule has 1 aromatic heterocycles. The first-order valence-corrected chi connectivity index (χ1v) is 8.12. The Kier molecular flexibility index (Phi) is 5.22. The number of hydrogen-bond acceptors (Lipinski definition) is 2. The summed E-state index contributed by atoms with van der Waals surface area (Å²) in [6.45, 7) is 11.2. The summed E-state index contributed by atoms with van der Waals surface area (Å²) < 4.78 is 2.25. The molecule has 4 heteroatoms. The van der Waals surface area contributed by atoms with Gasteiger partial charge in [0, 0.05) is 19.0 Å². The van der Waals surface area contributed by atoms with Crippen LogP contribution < -0.4 is 5.32 Å². The zero-order valence-corrected chi connectivity index (χ0v) is 14.3. The zero-order chi connectivity index (χ0) is 16.3. The van der Waals surface area contributed by atoms with Gasteiger partial charge in [0.1, 0.15) is 5.82 Å². The van der Waals surface area contributed by atoms with E-state index in [0.29, 0.717) is 24.9 Å². The molecule has 22 heavy (non-hydrogen) atoms. The van der Waals surface area contributed by atoms with E-state index in [1.807, 2.05) is 6.92 Å². The molecule has 1 amide bonds. The number of fused-ring (bicyclic) bond motifs is 1. The molecule has 0 saturated carbocycles.